The molecule has 0 aliphatic heterocycles. The van der Waals surface area contributed by atoms with Crippen LogP contribution in [0.1, 0.15) is 30.6 Å². The quantitative estimate of drug-likeness (QED) is 0.161. The smallest absolute Gasteiger partial charge is 0.338 e. The Balaban J connectivity index is 1.58. The Morgan fingerprint density at radius 2 is 1.94 bits per heavy atom. The number of hydrogen-bond acceptors (Lipinski definition) is 7. The predicted octanol–water partition coefficient (Wildman–Crippen LogP) is 6.70. The highest BCUT2D eigenvalue weighted by Crippen LogP contribution is 2.39. The van der Waals surface area contributed by atoms with Crippen LogP contribution in [0.3, 0.4) is 0 Å². The summed E-state index contributed by atoms with van der Waals surface area (Å²) < 4.78 is 5.05. The van der Waals surface area contributed by atoms with Gasteiger partial charge in [0.15, 0.2) is 0 Å². The van der Waals surface area contributed by atoms with Crippen LogP contribution in [0.25, 0.3) is 21.3 Å². The zero-order valence-electron chi connectivity index (χ0n) is 18.6. The number of esters is 1. The molecule has 0 saturated carbocycles. The number of thioether (sulfide) groups is 1. The fourth-order valence-electron chi connectivity index (χ4n) is 3.40. The average molecular weight is 512 g/mol. The van der Waals surface area contributed by atoms with Crippen molar-refractivity contribution >= 4 is 62.5 Å². The van der Waals surface area contributed by atoms with Gasteiger partial charge in [-0.25, -0.2) is 14.8 Å². The number of amides is 1. The molecule has 0 fully saturated rings. The van der Waals surface area contributed by atoms with E-state index >= 15 is 0 Å². The number of rotatable bonds is 8. The first-order chi connectivity index (χ1) is 16.5. The van der Waals surface area contributed by atoms with Crippen molar-refractivity contribution in [1.82, 2.24) is 9.97 Å². The molecule has 174 valence electrons. The van der Waals surface area contributed by atoms with Gasteiger partial charge in [0.1, 0.15) is 16.2 Å². The van der Waals surface area contributed by atoms with Gasteiger partial charge in [-0.05, 0) is 49.2 Å². The molecule has 0 aliphatic carbocycles. The van der Waals surface area contributed by atoms with Gasteiger partial charge in [0.25, 0.3) is 0 Å². The molecular weight excluding hydrogens is 490 g/mol. The summed E-state index contributed by atoms with van der Waals surface area (Å²) in [6.07, 6.45) is 2.13. The van der Waals surface area contributed by atoms with Gasteiger partial charge in [-0.15, -0.1) is 11.3 Å². The van der Waals surface area contributed by atoms with E-state index in [4.69, 9.17) is 16.3 Å². The number of halogens is 1. The fourth-order valence-corrected chi connectivity index (χ4v) is 5.54. The standard InChI is InChI=1S/C25H22ClN3O3S2/c1-3-20(22(30)29-18-7-5-6-16(12-18)25(31)32-4-2)34-24-21-19(13-33-23(21)27-14-28-24)15-8-10-17(26)11-9-15/h5-14,20H,3-4H2,1-2H3,(H,29,30). The molecule has 0 spiro atoms. The van der Waals surface area contributed by atoms with Gasteiger partial charge in [0, 0.05) is 21.7 Å². The lowest BCUT2D eigenvalue weighted by molar-refractivity contribution is -0.115. The minimum Gasteiger partial charge on any atom is -0.462 e. The van der Waals surface area contributed by atoms with Crippen LogP contribution in [0.5, 0.6) is 0 Å². The Hall–Kier alpha value is -2.94. The summed E-state index contributed by atoms with van der Waals surface area (Å²) >= 11 is 9.00. The Labute approximate surface area is 210 Å². The molecule has 0 saturated heterocycles. The molecule has 0 radical (unpaired) electrons. The van der Waals surface area contributed by atoms with Crippen molar-refractivity contribution in [2.24, 2.45) is 0 Å². The Morgan fingerprint density at radius 3 is 2.68 bits per heavy atom. The lowest BCUT2D eigenvalue weighted by Gasteiger charge is -2.15. The minimum atomic E-state index is -0.421. The highest BCUT2D eigenvalue weighted by atomic mass is 35.5. The molecule has 9 heteroatoms. The molecule has 1 amide bonds. The minimum absolute atomic E-state index is 0.163. The lowest BCUT2D eigenvalue weighted by Crippen LogP contribution is -2.24. The molecule has 2 aromatic heterocycles. The average Bonchev–Trinajstić information content (AvgIpc) is 3.28. The molecule has 1 N–H and O–H groups in total. The van der Waals surface area contributed by atoms with Crippen LogP contribution in [-0.4, -0.2) is 33.7 Å². The normalized spacial score (nSPS) is 11.9. The van der Waals surface area contributed by atoms with Crippen molar-refractivity contribution in [3.63, 3.8) is 0 Å². The Kier molecular flexibility index (Phi) is 7.82. The maximum Gasteiger partial charge on any atom is 0.338 e. The van der Waals surface area contributed by atoms with Crippen LogP contribution in [-0.2, 0) is 9.53 Å². The van der Waals surface area contributed by atoms with Crippen LogP contribution >= 0.6 is 34.7 Å². The van der Waals surface area contributed by atoms with E-state index in [1.165, 1.54) is 29.4 Å². The monoisotopic (exact) mass is 511 g/mol. The molecule has 2 aromatic carbocycles. The molecule has 2 heterocycles. The molecule has 1 atom stereocenters. The lowest BCUT2D eigenvalue weighted by atomic mass is 10.1. The van der Waals surface area contributed by atoms with E-state index in [1.54, 1.807) is 31.2 Å². The Bertz CT molecular complexity index is 1320. The second kappa shape index (κ2) is 11.0. The first kappa shape index (κ1) is 24.2. The zero-order valence-corrected chi connectivity index (χ0v) is 21.0. The number of thiophene rings is 1. The first-order valence-electron chi connectivity index (χ1n) is 10.7. The van der Waals surface area contributed by atoms with Crippen molar-refractivity contribution in [2.45, 2.75) is 30.5 Å². The number of fused-ring (bicyclic) bond motifs is 1. The predicted molar refractivity (Wildman–Crippen MR) is 139 cm³/mol. The molecule has 1 unspecified atom stereocenters. The highest BCUT2D eigenvalue weighted by Gasteiger charge is 2.22. The maximum absolute atomic E-state index is 13.1. The third kappa shape index (κ3) is 5.41. The van der Waals surface area contributed by atoms with Gasteiger partial charge in [-0.3, -0.25) is 4.79 Å². The van der Waals surface area contributed by atoms with E-state index < -0.39 is 5.97 Å². The van der Waals surface area contributed by atoms with E-state index in [0.717, 1.165) is 26.4 Å². The van der Waals surface area contributed by atoms with Crippen LogP contribution in [0.2, 0.25) is 5.02 Å². The zero-order chi connectivity index (χ0) is 24.1. The van der Waals surface area contributed by atoms with Gasteiger partial charge < -0.3 is 10.1 Å². The Morgan fingerprint density at radius 1 is 1.15 bits per heavy atom. The number of carbonyl (C=O) groups is 2. The number of benzene rings is 2. The SMILES string of the molecule is CCOC(=O)c1cccc(NC(=O)C(CC)Sc2ncnc3scc(-c4ccc(Cl)cc4)c23)c1. The number of ether oxygens (including phenoxy) is 1. The fraction of sp³-hybridized carbons (Fsp3) is 0.200. The van der Waals surface area contributed by atoms with Gasteiger partial charge in [-0.2, -0.15) is 0 Å². The third-order valence-electron chi connectivity index (χ3n) is 5.05. The van der Waals surface area contributed by atoms with Gasteiger partial charge in [0.05, 0.1) is 22.8 Å². The summed E-state index contributed by atoms with van der Waals surface area (Å²) in [4.78, 5) is 34.9. The maximum atomic E-state index is 13.1. The molecule has 6 nitrogen and oxygen atoms in total. The second-order valence-electron chi connectivity index (χ2n) is 7.32. The second-order valence-corrected chi connectivity index (χ2v) is 9.81. The number of hydrogen-bond donors (Lipinski definition) is 1. The number of anilines is 1. The summed E-state index contributed by atoms with van der Waals surface area (Å²) in [5.74, 6) is -0.584. The van der Waals surface area contributed by atoms with Crippen LogP contribution < -0.4 is 5.32 Å². The number of nitrogens with one attached hydrogen (secondary N) is 1. The van der Waals surface area contributed by atoms with Crippen molar-refractivity contribution in [3.8, 4) is 11.1 Å². The number of nitrogens with zero attached hydrogens (tertiary/aromatic N) is 2. The topological polar surface area (TPSA) is 81.2 Å². The third-order valence-corrected chi connectivity index (χ3v) is 7.55. The molecule has 0 aliphatic rings. The summed E-state index contributed by atoms with van der Waals surface area (Å²) in [5, 5.41) is 6.93. The first-order valence-corrected chi connectivity index (χ1v) is 12.9. The van der Waals surface area contributed by atoms with Gasteiger partial charge in [0.2, 0.25) is 5.91 Å². The number of aromatic nitrogens is 2. The summed E-state index contributed by atoms with van der Waals surface area (Å²) in [6.45, 7) is 4.00. The van der Waals surface area contributed by atoms with Crippen molar-refractivity contribution in [3.05, 3.63) is 70.8 Å². The summed E-state index contributed by atoms with van der Waals surface area (Å²) in [5.41, 5.74) is 2.96. The molecule has 34 heavy (non-hydrogen) atoms. The van der Waals surface area contributed by atoms with Gasteiger partial charge >= 0.3 is 5.97 Å². The number of carbonyl (C=O) groups excluding carboxylic acids is 2. The van der Waals surface area contributed by atoms with E-state index in [-0.39, 0.29) is 17.8 Å². The van der Waals surface area contributed by atoms with E-state index in [2.05, 4.69) is 20.7 Å². The molecular formula is C25H22ClN3O3S2. The van der Waals surface area contributed by atoms with Crippen molar-refractivity contribution < 1.29 is 14.3 Å². The molecule has 4 aromatic rings. The van der Waals surface area contributed by atoms with Crippen molar-refractivity contribution in [2.75, 3.05) is 11.9 Å². The largest absolute Gasteiger partial charge is 0.462 e. The van der Waals surface area contributed by atoms with Crippen molar-refractivity contribution in [1.29, 1.82) is 0 Å². The van der Waals surface area contributed by atoms with E-state index in [9.17, 15) is 9.59 Å². The van der Waals surface area contributed by atoms with Crippen LogP contribution in [0.4, 0.5) is 5.69 Å². The highest BCUT2D eigenvalue weighted by molar-refractivity contribution is 8.00. The van der Waals surface area contributed by atoms with E-state index in [1.807, 2.05) is 31.2 Å². The molecule has 0 bridgehead atoms. The van der Waals surface area contributed by atoms with Crippen LogP contribution in [0, 0.1) is 0 Å². The molecule has 4 rings (SSSR count). The summed E-state index contributed by atoms with van der Waals surface area (Å²) in [7, 11) is 0. The van der Waals surface area contributed by atoms with Crippen LogP contribution in [0.15, 0.2) is 65.3 Å². The van der Waals surface area contributed by atoms with E-state index in [0.29, 0.717) is 22.7 Å². The van der Waals surface area contributed by atoms with Gasteiger partial charge in [-0.1, -0.05) is 48.5 Å². The summed E-state index contributed by atoms with van der Waals surface area (Å²) in [6, 6.07) is 14.4.